The zero-order valence-corrected chi connectivity index (χ0v) is 10.7. The van der Waals surface area contributed by atoms with Crippen LogP contribution < -0.4 is 10.6 Å². The van der Waals surface area contributed by atoms with Crippen molar-refractivity contribution in [2.75, 3.05) is 0 Å². The molecule has 2 amide bonds. The van der Waals surface area contributed by atoms with Crippen molar-refractivity contribution >= 4 is 11.8 Å². The van der Waals surface area contributed by atoms with Crippen molar-refractivity contribution in [1.29, 1.82) is 0 Å². The van der Waals surface area contributed by atoms with E-state index in [1.165, 1.54) is 0 Å². The Hall–Kier alpha value is -2.63. The average Bonchev–Trinajstić information content (AvgIpc) is 2.96. The lowest BCUT2D eigenvalue weighted by molar-refractivity contribution is -0.136. The molecule has 1 aliphatic rings. The average molecular weight is 270 g/mol. The third kappa shape index (κ3) is 2.40. The first-order valence-electron chi connectivity index (χ1n) is 6.37. The van der Waals surface area contributed by atoms with E-state index < -0.39 is 12.1 Å². The molecule has 0 spiro atoms. The maximum Gasteiger partial charge on any atom is 0.247 e. The second-order valence-electron chi connectivity index (χ2n) is 4.69. The number of nitrogens with zero attached hydrogens (tertiary/aromatic N) is 1. The molecule has 2 atom stereocenters. The molecule has 0 unspecified atom stereocenters. The van der Waals surface area contributed by atoms with Crippen LogP contribution in [0, 0.1) is 0 Å². The van der Waals surface area contributed by atoms with Gasteiger partial charge in [0.15, 0.2) is 0 Å². The predicted octanol–water partition coefficient (Wildman–Crippen LogP) is 0.308. The van der Waals surface area contributed by atoms with Crippen LogP contribution in [0.25, 0.3) is 0 Å². The van der Waals surface area contributed by atoms with Crippen molar-refractivity contribution in [3.63, 3.8) is 0 Å². The van der Waals surface area contributed by atoms with E-state index in [4.69, 9.17) is 0 Å². The lowest BCUT2D eigenvalue weighted by Gasteiger charge is -2.29. The molecule has 6 nitrogen and oxygen atoms in total. The van der Waals surface area contributed by atoms with E-state index in [9.17, 15) is 9.59 Å². The summed E-state index contributed by atoms with van der Waals surface area (Å²) in [6.45, 7) is 0. The van der Waals surface area contributed by atoms with Crippen LogP contribution in [0.5, 0.6) is 0 Å². The first-order valence-corrected chi connectivity index (χ1v) is 6.37. The maximum atomic E-state index is 12.1. The van der Waals surface area contributed by atoms with E-state index in [0.29, 0.717) is 6.42 Å². The minimum Gasteiger partial charge on any atom is -0.348 e. The Kier molecular flexibility index (Phi) is 3.20. The number of piperazine rings is 1. The van der Waals surface area contributed by atoms with E-state index >= 15 is 0 Å². The number of aromatic nitrogens is 2. The minimum atomic E-state index is -0.623. The molecular formula is C14H14N4O2. The molecule has 1 aliphatic heterocycles. The van der Waals surface area contributed by atoms with Crippen molar-refractivity contribution in [1.82, 2.24) is 20.6 Å². The second-order valence-corrected chi connectivity index (χ2v) is 4.69. The Bertz CT molecular complexity index is 609. The van der Waals surface area contributed by atoms with Gasteiger partial charge in [0.1, 0.15) is 12.1 Å². The summed E-state index contributed by atoms with van der Waals surface area (Å²) in [5, 5.41) is 5.51. The molecule has 6 heteroatoms. The molecule has 1 aromatic heterocycles. The van der Waals surface area contributed by atoms with Crippen LogP contribution in [-0.2, 0) is 16.0 Å². The molecule has 3 rings (SSSR count). The van der Waals surface area contributed by atoms with Gasteiger partial charge in [-0.25, -0.2) is 4.98 Å². The van der Waals surface area contributed by atoms with Gasteiger partial charge in [-0.1, -0.05) is 30.3 Å². The van der Waals surface area contributed by atoms with Crippen molar-refractivity contribution in [3.05, 3.63) is 54.1 Å². The van der Waals surface area contributed by atoms with E-state index in [1.807, 2.05) is 30.3 Å². The SMILES string of the molecule is O=C1N[C@H](c2ccccc2)C(=O)N[C@H]1Cc1cnc[nH]1. The first-order chi connectivity index (χ1) is 9.74. The van der Waals surface area contributed by atoms with Crippen LogP contribution in [0.1, 0.15) is 17.3 Å². The molecule has 2 aromatic rings. The number of benzene rings is 1. The lowest BCUT2D eigenvalue weighted by atomic mass is 10.0. The highest BCUT2D eigenvalue weighted by Crippen LogP contribution is 2.17. The summed E-state index contributed by atoms with van der Waals surface area (Å²) < 4.78 is 0. The number of carbonyl (C=O) groups is 2. The Morgan fingerprint density at radius 2 is 1.85 bits per heavy atom. The molecule has 1 aromatic carbocycles. The highest BCUT2D eigenvalue weighted by molar-refractivity contribution is 5.97. The summed E-state index contributed by atoms with van der Waals surface area (Å²) in [5.41, 5.74) is 1.59. The monoisotopic (exact) mass is 270 g/mol. The van der Waals surface area contributed by atoms with Gasteiger partial charge in [-0.3, -0.25) is 9.59 Å². The number of amides is 2. The topological polar surface area (TPSA) is 86.9 Å². The van der Waals surface area contributed by atoms with Crippen molar-refractivity contribution in [2.24, 2.45) is 0 Å². The number of aromatic amines is 1. The molecule has 3 N–H and O–H groups in total. The molecule has 1 saturated heterocycles. The van der Waals surface area contributed by atoms with Crippen molar-refractivity contribution < 1.29 is 9.59 Å². The summed E-state index contributed by atoms with van der Waals surface area (Å²) in [5.74, 6) is -0.381. The molecule has 0 bridgehead atoms. The van der Waals surface area contributed by atoms with Gasteiger partial charge in [-0.15, -0.1) is 0 Å². The Morgan fingerprint density at radius 1 is 1.05 bits per heavy atom. The largest absolute Gasteiger partial charge is 0.348 e. The van der Waals surface area contributed by atoms with E-state index in [1.54, 1.807) is 12.5 Å². The fraction of sp³-hybridized carbons (Fsp3) is 0.214. The molecule has 0 radical (unpaired) electrons. The van der Waals surface area contributed by atoms with Gasteiger partial charge in [0.2, 0.25) is 11.8 Å². The third-order valence-electron chi connectivity index (χ3n) is 3.29. The number of rotatable bonds is 3. The van der Waals surface area contributed by atoms with Crippen molar-refractivity contribution in [2.45, 2.75) is 18.5 Å². The quantitative estimate of drug-likeness (QED) is 0.750. The maximum absolute atomic E-state index is 12.1. The molecule has 102 valence electrons. The lowest BCUT2D eigenvalue weighted by Crippen LogP contribution is -2.58. The summed E-state index contributed by atoms with van der Waals surface area (Å²) in [7, 11) is 0. The number of hydrogen-bond acceptors (Lipinski definition) is 3. The highest BCUT2D eigenvalue weighted by Gasteiger charge is 2.34. The van der Waals surface area contributed by atoms with Crippen LogP contribution in [0.3, 0.4) is 0 Å². The Morgan fingerprint density at radius 3 is 2.55 bits per heavy atom. The van der Waals surface area contributed by atoms with E-state index in [0.717, 1.165) is 11.3 Å². The van der Waals surface area contributed by atoms with Crippen LogP contribution in [-0.4, -0.2) is 27.8 Å². The number of carbonyl (C=O) groups excluding carboxylic acids is 2. The molecular weight excluding hydrogens is 256 g/mol. The van der Waals surface area contributed by atoms with Gasteiger partial charge in [-0.05, 0) is 5.56 Å². The third-order valence-corrected chi connectivity index (χ3v) is 3.29. The van der Waals surface area contributed by atoms with Crippen LogP contribution in [0.2, 0.25) is 0 Å². The normalized spacial score (nSPS) is 22.2. The van der Waals surface area contributed by atoms with Gasteiger partial charge in [0, 0.05) is 18.3 Å². The summed E-state index contributed by atoms with van der Waals surface area (Å²) >= 11 is 0. The van der Waals surface area contributed by atoms with Gasteiger partial charge in [-0.2, -0.15) is 0 Å². The summed E-state index contributed by atoms with van der Waals surface area (Å²) in [4.78, 5) is 31.0. The van der Waals surface area contributed by atoms with Crippen LogP contribution in [0.15, 0.2) is 42.9 Å². The minimum absolute atomic E-state index is 0.187. The number of hydrogen-bond donors (Lipinski definition) is 3. The zero-order chi connectivity index (χ0) is 13.9. The van der Waals surface area contributed by atoms with E-state index in [-0.39, 0.29) is 11.8 Å². The molecule has 0 saturated carbocycles. The Labute approximate surface area is 115 Å². The standard InChI is InChI=1S/C14H14N4O2/c19-13-11(6-10-7-15-8-16-10)17-14(20)12(18-13)9-4-2-1-3-5-9/h1-5,7-8,11-12H,6H2,(H,15,16)(H,17,20)(H,18,19)/t11-,12+/m0/s1. The molecule has 0 aliphatic carbocycles. The predicted molar refractivity (Wildman–Crippen MR) is 71.5 cm³/mol. The Balaban J connectivity index is 1.73. The van der Waals surface area contributed by atoms with Crippen molar-refractivity contribution in [3.8, 4) is 0 Å². The van der Waals surface area contributed by atoms with Gasteiger partial charge in [0.05, 0.1) is 6.33 Å². The smallest absolute Gasteiger partial charge is 0.247 e. The van der Waals surface area contributed by atoms with Crippen LogP contribution in [0.4, 0.5) is 0 Å². The first kappa shape index (κ1) is 12.4. The summed E-state index contributed by atoms with van der Waals surface area (Å²) in [6.07, 6.45) is 3.59. The number of nitrogens with one attached hydrogen (secondary N) is 3. The highest BCUT2D eigenvalue weighted by atomic mass is 16.2. The molecule has 20 heavy (non-hydrogen) atoms. The zero-order valence-electron chi connectivity index (χ0n) is 10.7. The summed E-state index contributed by atoms with van der Waals surface area (Å²) in [6, 6.07) is 7.99. The van der Waals surface area contributed by atoms with Gasteiger partial charge in [0.25, 0.3) is 0 Å². The van der Waals surface area contributed by atoms with Crippen LogP contribution >= 0.6 is 0 Å². The second kappa shape index (κ2) is 5.16. The number of imidazole rings is 1. The fourth-order valence-corrected chi connectivity index (χ4v) is 2.27. The van der Waals surface area contributed by atoms with Gasteiger partial charge < -0.3 is 15.6 Å². The number of H-pyrrole nitrogens is 1. The molecule has 2 heterocycles. The van der Waals surface area contributed by atoms with E-state index in [2.05, 4.69) is 20.6 Å². The van der Waals surface area contributed by atoms with Gasteiger partial charge >= 0.3 is 0 Å². The fourth-order valence-electron chi connectivity index (χ4n) is 2.27. The molecule has 1 fully saturated rings.